The van der Waals surface area contributed by atoms with Crippen LogP contribution in [0.15, 0.2) is 34.4 Å². The molecule has 0 fully saturated rings. The fraction of sp³-hybridized carbons (Fsp3) is 0.308. The molecule has 0 atom stereocenters. The molecule has 3 aromatic heterocycles. The van der Waals surface area contributed by atoms with E-state index in [0.717, 1.165) is 21.3 Å². The summed E-state index contributed by atoms with van der Waals surface area (Å²) in [5.41, 5.74) is -2.92. The monoisotopic (exact) mass is 340 g/mol. The van der Waals surface area contributed by atoms with Crippen LogP contribution in [-0.4, -0.2) is 28.9 Å². The molecule has 0 aliphatic rings. The predicted octanol–water partition coefficient (Wildman–Crippen LogP) is 0.406. The summed E-state index contributed by atoms with van der Waals surface area (Å²) in [4.78, 5) is 31.8. The van der Waals surface area contributed by atoms with Crippen LogP contribution in [0.3, 0.4) is 0 Å². The van der Waals surface area contributed by atoms with Gasteiger partial charge in [-0.2, -0.15) is 18.3 Å². The van der Waals surface area contributed by atoms with E-state index in [-0.39, 0.29) is 24.1 Å². The average molecular weight is 340 g/mol. The predicted molar refractivity (Wildman–Crippen MR) is 76.3 cm³/mol. The highest BCUT2D eigenvalue weighted by atomic mass is 19.4. The minimum absolute atomic E-state index is 0.00578. The van der Waals surface area contributed by atoms with Crippen LogP contribution in [0, 0.1) is 0 Å². The fourth-order valence-electron chi connectivity index (χ4n) is 2.28. The Bertz CT molecular complexity index is 1000. The van der Waals surface area contributed by atoms with Gasteiger partial charge in [-0.3, -0.25) is 18.6 Å². The van der Waals surface area contributed by atoms with E-state index in [1.807, 2.05) is 0 Å². The Hall–Kier alpha value is -2.98. The molecule has 0 spiro atoms. The van der Waals surface area contributed by atoms with Crippen LogP contribution in [-0.2, 0) is 26.3 Å². The highest BCUT2D eigenvalue weighted by molar-refractivity contribution is 5.74. The summed E-state index contributed by atoms with van der Waals surface area (Å²) >= 11 is 0. The van der Waals surface area contributed by atoms with Crippen LogP contribution in [0.25, 0.3) is 11.0 Å². The van der Waals surface area contributed by atoms with Gasteiger partial charge in [-0.15, -0.1) is 0 Å². The molecule has 0 saturated heterocycles. The molecule has 0 radical (unpaired) electrons. The smallest absolute Gasteiger partial charge is 0.280 e. The van der Waals surface area contributed by atoms with Crippen molar-refractivity contribution in [3.05, 3.63) is 51.3 Å². The number of hydrogen-bond donors (Lipinski definition) is 0. The van der Waals surface area contributed by atoms with Gasteiger partial charge in [0.1, 0.15) is 24.0 Å². The largest absolute Gasteiger partial charge is 0.433 e. The van der Waals surface area contributed by atoms with E-state index in [9.17, 15) is 22.8 Å². The van der Waals surface area contributed by atoms with Crippen LogP contribution in [0.5, 0.6) is 0 Å². The summed E-state index contributed by atoms with van der Waals surface area (Å²) in [7, 11) is 1.27. The van der Waals surface area contributed by atoms with Crippen LogP contribution < -0.4 is 11.2 Å². The summed E-state index contributed by atoms with van der Waals surface area (Å²) in [5.74, 6) is 0. The molecule has 3 aromatic rings. The van der Waals surface area contributed by atoms with Gasteiger partial charge in [0, 0.05) is 7.05 Å². The molecule has 0 N–H and O–H groups in total. The third kappa shape index (κ3) is 2.68. The minimum Gasteiger partial charge on any atom is -0.280 e. The fourth-order valence-corrected chi connectivity index (χ4v) is 2.28. The second-order valence-electron chi connectivity index (χ2n) is 5.02. The van der Waals surface area contributed by atoms with Crippen molar-refractivity contribution in [3.63, 3.8) is 0 Å². The van der Waals surface area contributed by atoms with Gasteiger partial charge < -0.3 is 0 Å². The number of hydrogen-bond acceptors (Lipinski definition) is 5. The number of aromatic nitrogens is 6. The molecule has 0 saturated carbocycles. The summed E-state index contributed by atoms with van der Waals surface area (Å²) in [5, 5.41) is 3.79. The van der Waals surface area contributed by atoms with Crippen LogP contribution >= 0.6 is 0 Å². The first-order valence-electron chi connectivity index (χ1n) is 6.79. The molecule has 126 valence electrons. The second-order valence-corrected chi connectivity index (χ2v) is 5.02. The normalized spacial score (nSPS) is 12.0. The summed E-state index contributed by atoms with van der Waals surface area (Å²) in [6.07, 6.45) is -1.93. The number of nitrogens with zero attached hydrogens (tertiary/aromatic N) is 6. The first-order chi connectivity index (χ1) is 11.3. The van der Waals surface area contributed by atoms with Gasteiger partial charge in [0.2, 0.25) is 0 Å². The maximum absolute atomic E-state index is 12.8. The van der Waals surface area contributed by atoms with Gasteiger partial charge in [-0.1, -0.05) is 0 Å². The van der Waals surface area contributed by atoms with Crippen LogP contribution in [0.2, 0.25) is 0 Å². The Morgan fingerprint density at radius 2 is 1.92 bits per heavy atom. The Balaban J connectivity index is 2.12. The van der Waals surface area contributed by atoms with E-state index in [2.05, 4.69) is 15.1 Å². The molecule has 3 rings (SSSR count). The quantitative estimate of drug-likeness (QED) is 0.689. The van der Waals surface area contributed by atoms with Gasteiger partial charge in [0.15, 0.2) is 0 Å². The second kappa shape index (κ2) is 5.58. The molecule has 24 heavy (non-hydrogen) atoms. The Labute approximate surface area is 131 Å². The van der Waals surface area contributed by atoms with E-state index in [1.54, 1.807) is 0 Å². The molecule has 11 heteroatoms. The lowest BCUT2D eigenvalue weighted by molar-refractivity contribution is -0.141. The van der Waals surface area contributed by atoms with Gasteiger partial charge in [-0.25, -0.2) is 14.8 Å². The van der Waals surface area contributed by atoms with Crippen molar-refractivity contribution >= 4 is 11.0 Å². The maximum Gasteiger partial charge on any atom is 0.433 e. The molecular weight excluding hydrogens is 329 g/mol. The summed E-state index contributed by atoms with van der Waals surface area (Å²) in [6, 6.07) is 1.74. The molecule has 0 aromatic carbocycles. The van der Waals surface area contributed by atoms with Crippen molar-refractivity contribution in [2.24, 2.45) is 7.05 Å². The van der Waals surface area contributed by atoms with Gasteiger partial charge in [-0.05, 0) is 12.1 Å². The van der Waals surface area contributed by atoms with E-state index in [0.29, 0.717) is 0 Å². The number of pyridine rings is 1. The van der Waals surface area contributed by atoms with Crippen molar-refractivity contribution < 1.29 is 13.2 Å². The van der Waals surface area contributed by atoms with Crippen molar-refractivity contribution in [1.29, 1.82) is 0 Å². The maximum atomic E-state index is 12.8. The zero-order chi connectivity index (χ0) is 17.5. The summed E-state index contributed by atoms with van der Waals surface area (Å²) in [6.45, 7) is 0.223. The molecule has 0 aliphatic heterocycles. The topological polar surface area (TPSA) is 87.6 Å². The molecule has 0 unspecified atom stereocenters. The van der Waals surface area contributed by atoms with Crippen molar-refractivity contribution in [1.82, 2.24) is 28.9 Å². The lowest BCUT2D eigenvalue weighted by Crippen LogP contribution is -2.40. The third-order valence-corrected chi connectivity index (χ3v) is 3.50. The molecular formula is C13H11F3N6O2. The van der Waals surface area contributed by atoms with E-state index in [1.165, 1.54) is 24.4 Å². The zero-order valence-corrected chi connectivity index (χ0v) is 12.4. The number of rotatable bonds is 3. The number of alkyl halides is 3. The van der Waals surface area contributed by atoms with Crippen molar-refractivity contribution in [3.8, 4) is 0 Å². The number of fused-ring (bicyclic) bond motifs is 1. The van der Waals surface area contributed by atoms with Gasteiger partial charge in [0.05, 0.1) is 18.5 Å². The van der Waals surface area contributed by atoms with Gasteiger partial charge >= 0.3 is 11.9 Å². The Morgan fingerprint density at radius 1 is 1.17 bits per heavy atom. The van der Waals surface area contributed by atoms with Gasteiger partial charge in [0.25, 0.3) is 5.56 Å². The van der Waals surface area contributed by atoms with Crippen molar-refractivity contribution in [2.75, 3.05) is 0 Å². The van der Waals surface area contributed by atoms with Crippen LogP contribution in [0.4, 0.5) is 13.2 Å². The Kier molecular flexibility index (Phi) is 3.70. The molecule has 0 amide bonds. The third-order valence-electron chi connectivity index (χ3n) is 3.50. The molecule has 3 heterocycles. The number of halogens is 3. The molecule has 0 aliphatic carbocycles. The Morgan fingerprint density at radius 3 is 2.54 bits per heavy atom. The highest BCUT2D eigenvalue weighted by Crippen LogP contribution is 2.28. The molecule has 0 bridgehead atoms. The summed E-state index contributed by atoms with van der Waals surface area (Å²) < 4.78 is 41.6. The lowest BCUT2D eigenvalue weighted by Gasteiger charge is -2.12. The van der Waals surface area contributed by atoms with E-state index in [4.69, 9.17) is 0 Å². The van der Waals surface area contributed by atoms with Crippen LogP contribution in [0.1, 0.15) is 5.69 Å². The molecule has 8 nitrogen and oxygen atoms in total. The highest BCUT2D eigenvalue weighted by Gasteiger charge is 2.33. The minimum atomic E-state index is -4.66. The number of aryl methyl sites for hydroxylation is 2. The average Bonchev–Trinajstić information content (AvgIpc) is 3.04. The standard InChI is InChI=1S/C13H11F3N6O2/c1-20-10-8(2-3-9(19-10)13(14,15)16)11(23)22(12(20)24)5-4-21-7-17-6-18-21/h2-3,6-7H,4-5H2,1H3. The first kappa shape index (κ1) is 15.9. The van der Waals surface area contributed by atoms with E-state index >= 15 is 0 Å². The SMILES string of the molecule is Cn1c(=O)n(CCn2cncn2)c(=O)c2ccc(C(F)(F)F)nc21. The van der Waals surface area contributed by atoms with Crippen molar-refractivity contribution in [2.45, 2.75) is 19.3 Å². The first-order valence-corrected chi connectivity index (χ1v) is 6.79. The zero-order valence-electron chi connectivity index (χ0n) is 12.4. The van der Waals surface area contributed by atoms with E-state index < -0.39 is 23.1 Å². The lowest BCUT2D eigenvalue weighted by atomic mass is 10.2.